The molecule has 0 aliphatic heterocycles. The number of nitrogens with zero attached hydrogens (tertiary/aromatic N) is 1. The van der Waals surface area contributed by atoms with Crippen molar-refractivity contribution >= 4 is 38.6 Å². The third-order valence-corrected chi connectivity index (χ3v) is 6.58. The van der Waals surface area contributed by atoms with Gasteiger partial charge in [-0.15, -0.1) is 11.3 Å². The number of anilines is 1. The van der Waals surface area contributed by atoms with Crippen molar-refractivity contribution in [3.8, 4) is 10.6 Å². The van der Waals surface area contributed by atoms with Gasteiger partial charge in [0.05, 0.1) is 16.3 Å². The Balaban J connectivity index is 1.92. The lowest BCUT2D eigenvalue weighted by atomic mass is 10.2. The molecule has 0 spiro atoms. The number of hydrogen-bond donors (Lipinski definition) is 1. The largest absolute Gasteiger partial charge is 0.355 e. The maximum atomic E-state index is 13.8. The molecule has 5 nitrogen and oxygen atoms in total. The van der Waals surface area contributed by atoms with Gasteiger partial charge in [0.2, 0.25) is 0 Å². The molecule has 3 rings (SSSR count). The summed E-state index contributed by atoms with van der Waals surface area (Å²) in [5.41, 5.74) is 1.42. The van der Waals surface area contributed by atoms with E-state index in [9.17, 15) is 12.8 Å². The van der Waals surface area contributed by atoms with Crippen LogP contribution in [0.2, 0.25) is 5.02 Å². The van der Waals surface area contributed by atoms with E-state index >= 15 is 0 Å². The summed E-state index contributed by atoms with van der Waals surface area (Å²) >= 11 is 6.68. The Bertz CT molecular complexity index is 1010. The summed E-state index contributed by atoms with van der Waals surface area (Å²) < 4.78 is 46.1. The van der Waals surface area contributed by atoms with E-state index in [4.69, 9.17) is 16.1 Å². The molecule has 2 aromatic heterocycles. The SMILES string of the molecule is Cc1noc(-c2ccc(S(=O)(=O)Nc3ccc(Cl)cc3F)s2)c1C. The van der Waals surface area contributed by atoms with Crippen LogP contribution >= 0.6 is 22.9 Å². The van der Waals surface area contributed by atoms with E-state index in [2.05, 4.69) is 9.88 Å². The Morgan fingerprint density at radius 2 is 2.00 bits per heavy atom. The number of halogens is 2. The van der Waals surface area contributed by atoms with Crippen LogP contribution in [0, 0.1) is 19.7 Å². The molecule has 0 atom stereocenters. The van der Waals surface area contributed by atoms with Crippen LogP contribution in [-0.2, 0) is 10.0 Å². The van der Waals surface area contributed by atoms with Crippen LogP contribution in [0.4, 0.5) is 10.1 Å². The van der Waals surface area contributed by atoms with E-state index in [0.717, 1.165) is 28.7 Å². The zero-order valence-corrected chi connectivity index (χ0v) is 15.0. The Hall–Kier alpha value is -1.90. The van der Waals surface area contributed by atoms with Crippen LogP contribution in [0.25, 0.3) is 10.6 Å². The van der Waals surface area contributed by atoms with Crippen molar-refractivity contribution in [2.24, 2.45) is 0 Å². The number of aromatic nitrogens is 1. The quantitative estimate of drug-likeness (QED) is 0.710. The zero-order chi connectivity index (χ0) is 17.5. The number of nitrogens with one attached hydrogen (secondary N) is 1. The van der Waals surface area contributed by atoms with Crippen molar-refractivity contribution in [3.63, 3.8) is 0 Å². The molecule has 3 aromatic rings. The molecule has 0 saturated carbocycles. The first-order valence-corrected chi connectivity index (χ1v) is 9.46. The highest BCUT2D eigenvalue weighted by molar-refractivity contribution is 7.94. The summed E-state index contributed by atoms with van der Waals surface area (Å²) in [5.74, 6) is -0.221. The number of rotatable bonds is 4. The van der Waals surface area contributed by atoms with E-state index in [-0.39, 0.29) is 14.9 Å². The summed E-state index contributed by atoms with van der Waals surface area (Å²) in [5, 5.41) is 4.04. The van der Waals surface area contributed by atoms with Gasteiger partial charge in [-0.05, 0) is 44.2 Å². The lowest BCUT2D eigenvalue weighted by Crippen LogP contribution is -2.12. The number of hydrogen-bond acceptors (Lipinski definition) is 5. The number of benzene rings is 1. The fourth-order valence-corrected chi connectivity index (χ4v) is 4.57. The standard InChI is InChI=1S/C15H12ClFN2O3S2/c1-8-9(2)18-22-15(8)13-5-6-14(23-13)24(20,21)19-12-4-3-10(16)7-11(12)17/h3-7,19H,1-2H3. The molecule has 0 aliphatic carbocycles. The predicted molar refractivity (Wildman–Crippen MR) is 91.5 cm³/mol. The van der Waals surface area contributed by atoms with Gasteiger partial charge in [0.25, 0.3) is 10.0 Å². The monoisotopic (exact) mass is 386 g/mol. The Morgan fingerprint density at radius 1 is 1.25 bits per heavy atom. The maximum absolute atomic E-state index is 13.8. The molecule has 1 N–H and O–H groups in total. The van der Waals surface area contributed by atoms with Crippen LogP contribution in [0.5, 0.6) is 0 Å². The molecule has 1 aromatic carbocycles. The molecule has 0 amide bonds. The molecule has 24 heavy (non-hydrogen) atoms. The Labute approximate surface area is 147 Å². The number of aryl methyl sites for hydroxylation is 1. The van der Waals surface area contributed by atoms with Crippen LogP contribution in [0.15, 0.2) is 39.1 Å². The van der Waals surface area contributed by atoms with Crippen molar-refractivity contribution in [2.45, 2.75) is 18.1 Å². The minimum atomic E-state index is -3.92. The molecule has 0 bridgehead atoms. The fraction of sp³-hybridized carbons (Fsp3) is 0.133. The number of sulfonamides is 1. The Kier molecular flexibility index (Phi) is 4.37. The molecule has 0 saturated heterocycles. The molecule has 0 aliphatic rings. The average Bonchev–Trinajstić information content (AvgIpc) is 3.11. The van der Waals surface area contributed by atoms with Gasteiger partial charge >= 0.3 is 0 Å². The van der Waals surface area contributed by atoms with Gasteiger partial charge in [-0.1, -0.05) is 16.8 Å². The molecular weight excluding hydrogens is 375 g/mol. The van der Waals surface area contributed by atoms with E-state index in [0.29, 0.717) is 10.6 Å². The first-order chi connectivity index (χ1) is 11.3. The number of thiophene rings is 1. The van der Waals surface area contributed by atoms with Gasteiger partial charge in [0.15, 0.2) is 5.76 Å². The molecule has 0 unspecified atom stereocenters. The third-order valence-electron chi connectivity index (χ3n) is 3.40. The maximum Gasteiger partial charge on any atom is 0.271 e. The summed E-state index contributed by atoms with van der Waals surface area (Å²) in [7, 11) is -3.92. The molecule has 126 valence electrons. The first-order valence-electron chi connectivity index (χ1n) is 6.79. The molecular formula is C15H12ClFN2O3S2. The highest BCUT2D eigenvalue weighted by atomic mass is 35.5. The third kappa shape index (κ3) is 3.17. The van der Waals surface area contributed by atoms with Crippen LogP contribution in [-0.4, -0.2) is 13.6 Å². The second kappa shape index (κ2) is 6.19. The van der Waals surface area contributed by atoms with Crippen molar-refractivity contribution < 1.29 is 17.3 Å². The molecule has 9 heteroatoms. The fourth-order valence-electron chi connectivity index (χ4n) is 2.00. The van der Waals surface area contributed by atoms with Crippen molar-refractivity contribution in [2.75, 3.05) is 4.72 Å². The highest BCUT2D eigenvalue weighted by Gasteiger charge is 2.21. The zero-order valence-electron chi connectivity index (χ0n) is 12.6. The summed E-state index contributed by atoms with van der Waals surface area (Å²) in [4.78, 5) is 0.630. The topological polar surface area (TPSA) is 72.2 Å². The van der Waals surface area contributed by atoms with Gasteiger partial charge in [-0.3, -0.25) is 4.72 Å². The van der Waals surface area contributed by atoms with E-state index in [1.165, 1.54) is 18.2 Å². The molecule has 0 radical (unpaired) electrons. The summed E-state index contributed by atoms with van der Waals surface area (Å²) in [6, 6.07) is 6.79. The highest BCUT2D eigenvalue weighted by Crippen LogP contribution is 2.34. The van der Waals surface area contributed by atoms with Gasteiger partial charge in [-0.25, -0.2) is 12.8 Å². The van der Waals surface area contributed by atoms with Gasteiger partial charge in [0, 0.05) is 10.6 Å². The smallest absolute Gasteiger partial charge is 0.271 e. The summed E-state index contributed by atoms with van der Waals surface area (Å²) in [6.45, 7) is 3.65. The normalized spacial score (nSPS) is 11.7. The van der Waals surface area contributed by atoms with Crippen LogP contribution in [0.3, 0.4) is 0 Å². The predicted octanol–water partition coefficient (Wildman–Crippen LogP) is 4.61. The second-order valence-electron chi connectivity index (χ2n) is 5.07. The van der Waals surface area contributed by atoms with Crippen LogP contribution in [0.1, 0.15) is 11.3 Å². The van der Waals surface area contributed by atoms with Crippen LogP contribution < -0.4 is 4.72 Å². The van der Waals surface area contributed by atoms with Gasteiger partial charge in [0.1, 0.15) is 10.0 Å². The second-order valence-corrected chi connectivity index (χ2v) is 8.50. The average molecular weight is 387 g/mol. The summed E-state index contributed by atoms with van der Waals surface area (Å²) in [6.07, 6.45) is 0. The minimum absolute atomic E-state index is 0.0419. The van der Waals surface area contributed by atoms with Gasteiger partial charge in [-0.2, -0.15) is 0 Å². The lowest BCUT2D eigenvalue weighted by molar-refractivity contribution is 0.427. The van der Waals surface area contributed by atoms with E-state index in [1.807, 2.05) is 6.92 Å². The first kappa shape index (κ1) is 16.9. The Morgan fingerprint density at radius 3 is 2.62 bits per heavy atom. The van der Waals surface area contributed by atoms with Crippen molar-refractivity contribution in [3.05, 3.63) is 52.4 Å². The van der Waals surface area contributed by atoms with Gasteiger partial charge < -0.3 is 4.52 Å². The van der Waals surface area contributed by atoms with Crippen molar-refractivity contribution in [1.82, 2.24) is 5.16 Å². The van der Waals surface area contributed by atoms with E-state index < -0.39 is 15.8 Å². The minimum Gasteiger partial charge on any atom is -0.355 e. The lowest BCUT2D eigenvalue weighted by Gasteiger charge is -2.07. The molecule has 2 heterocycles. The molecule has 0 fully saturated rings. The van der Waals surface area contributed by atoms with Crippen molar-refractivity contribution in [1.29, 1.82) is 0 Å². The van der Waals surface area contributed by atoms with E-state index in [1.54, 1.807) is 13.0 Å².